The monoisotopic (exact) mass is 253 g/mol. The lowest BCUT2D eigenvalue weighted by molar-refractivity contribution is -0.126. The van der Waals surface area contributed by atoms with E-state index in [1.807, 2.05) is 20.8 Å². The fourth-order valence-corrected chi connectivity index (χ4v) is 1.38. The second-order valence-corrected chi connectivity index (χ2v) is 4.82. The molecule has 100 valence electrons. The van der Waals surface area contributed by atoms with E-state index in [0.29, 0.717) is 18.2 Å². The summed E-state index contributed by atoms with van der Waals surface area (Å²) < 4.78 is 18.5. The smallest absolute Gasteiger partial charge is 0.253 e. The zero-order valence-corrected chi connectivity index (χ0v) is 11.3. The maximum atomic E-state index is 13.1. The maximum absolute atomic E-state index is 13.1. The molecule has 0 saturated carbocycles. The predicted octanol–water partition coefficient (Wildman–Crippen LogP) is 3.13. The highest BCUT2D eigenvalue weighted by Crippen LogP contribution is 2.16. The van der Waals surface area contributed by atoms with E-state index in [4.69, 9.17) is 4.74 Å². The lowest BCUT2D eigenvalue weighted by atomic mass is 10.2. The van der Waals surface area contributed by atoms with Gasteiger partial charge in [0.2, 0.25) is 0 Å². The van der Waals surface area contributed by atoms with Gasteiger partial charge in [-0.25, -0.2) is 4.39 Å². The number of hydrogen-bond donors (Lipinski definition) is 1. The number of ether oxygens (including phenoxy) is 1. The van der Waals surface area contributed by atoms with Gasteiger partial charge in [-0.3, -0.25) is 4.79 Å². The standard InChI is InChI=1S/C14H20FNO2/c1-9(2)8-18-11(4)14(17)16-13-7-12(15)6-5-10(13)3/h5-7,9,11H,8H2,1-4H3,(H,16,17)/t11-/m1/s1. The minimum Gasteiger partial charge on any atom is -0.368 e. The molecule has 3 nitrogen and oxygen atoms in total. The molecule has 0 aliphatic carbocycles. The number of benzene rings is 1. The van der Waals surface area contributed by atoms with Crippen molar-refractivity contribution in [1.29, 1.82) is 0 Å². The van der Waals surface area contributed by atoms with E-state index in [9.17, 15) is 9.18 Å². The van der Waals surface area contributed by atoms with Crippen LogP contribution in [0.3, 0.4) is 0 Å². The third kappa shape index (κ3) is 4.45. The number of anilines is 1. The van der Waals surface area contributed by atoms with E-state index in [1.165, 1.54) is 12.1 Å². The fourth-order valence-electron chi connectivity index (χ4n) is 1.38. The quantitative estimate of drug-likeness (QED) is 0.875. The topological polar surface area (TPSA) is 38.3 Å². The van der Waals surface area contributed by atoms with E-state index in [1.54, 1.807) is 13.0 Å². The summed E-state index contributed by atoms with van der Waals surface area (Å²) in [7, 11) is 0. The van der Waals surface area contributed by atoms with E-state index in [2.05, 4.69) is 5.32 Å². The molecule has 0 fully saturated rings. The summed E-state index contributed by atoms with van der Waals surface area (Å²) in [5.74, 6) is -0.257. The molecule has 0 saturated heterocycles. The van der Waals surface area contributed by atoms with Gasteiger partial charge in [-0.1, -0.05) is 19.9 Å². The van der Waals surface area contributed by atoms with Gasteiger partial charge in [0, 0.05) is 12.3 Å². The molecule has 0 bridgehead atoms. The predicted molar refractivity (Wildman–Crippen MR) is 70.0 cm³/mol. The molecule has 1 amide bonds. The first-order valence-corrected chi connectivity index (χ1v) is 6.08. The number of carbonyl (C=O) groups excluding carboxylic acids is 1. The van der Waals surface area contributed by atoms with Crippen molar-refractivity contribution in [3.63, 3.8) is 0 Å². The number of nitrogens with one attached hydrogen (secondary N) is 1. The average molecular weight is 253 g/mol. The summed E-state index contributed by atoms with van der Waals surface area (Å²) in [6, 6.07) is 4.30. The van der Waals surface area contributed by atoms with Crippen LogP contribution >= 0.6 is 0 Å². The van der Waals surface area contributed by atoms with Gasteiger partial charge in [-0.15, -0.1) is 0 Å². The summed E-state index contributed by atoms with van der Waals surface area (Å²) in [6.45, 7) is 8.06. The molecule has 0 aliphatic heterocycles. The van der Waals surface area contributed by atoms with Crippen LogP contribution in [0.1, 0.15) is 26.3 Å². The summed E-state index contributed by atoms with van der Waals surface area (Å²) in [5.41, 5.74) is 1.31. The molecule has 1 atom stereocenters. The van der Waals surface area contributed by atoms with E-state index >= 15 is 0 Å². The Labute approximate surface area is 107 Å². The van der Waals surface area contributed by atoms with Gasteiger partial charge in [-0.2, -0.15) is 0 Å². The van der Waals surface area contributed by atoms with Crippen LogP contribution < -0.4 is 5.32 Å². The van der Waals surface area contributed by atoms with Crippen molar-refractivity contribution in [2.75, 3.05) is 11.9 Å². The average Bonchev–Trinajstić information content (AvgIpc) is 2.30. The van der Waals surface area contributed by atoms with Gasteiger partial charge in [0.1, 0.15) is 11.9 Å². The summed E-state index contributed by atoms with van der Waals surface area (Å²) >= 11 is 0. The fraction of sp³-hybridized carbons (Fsp3) is 0.500. The molecule has 0 aliphatic rings. The molecule has 1 rings (SSSR count). The van der Waals surface area contributed by atoms with Crippen LogP contribution in [0, 0.1) is 18.7 Å². The van der Waals surface area contributed by atoms with Crippen molar-refractivity contribution in [3.8, 4) is 0 Å². The third-order valence-corrected chi connectivity index (χ3v) is 2.51. The molecule has 1 N–H and O–H groups in total. The SMILES string of the molecule is Cc1ccc(F)cc1NC(=O)[C@@H](C)OCC(C)C. The Morgan fingerprint density at radius 2 is 2.06 bits per heavy atom. The number of carbonyl (C=O) groups is 1. The van der Waals surface area contributed by atoms with E-state index in [-0.39, 0.29) is 11.7 Å². The van der Waals surface area contributed by atoms with Crippen molar-refractivity contribution in [1.82, 2.24) is 0 Å². The molecule has 1 aromatic rings. The van der Waals surface area contributed by atoms with Crippen molar-refractivity contribution in [2.24, 2.45) is 5.92 Å². The summed E-state index contributed by atoms with van der Waals surface area (Å²) in [5, 5.41) is 2.67. The Morgan fingerprint density at radius 3 is 2.67 bits per heavy atom. The van der Waals surface area contributed by atoms with Crippen molar-refractivity contribution in [3.05, 3.63) is 29.6 Å². The molecular formula is C14H20FNO2. The lowest BCUT2D eigenvalue weighted by Crippen LogP contribution is -2.29. The highest BCUT2D eigenvalue weighted by molar-refractivity contribution is 5.94. The summed E-state index contributed by atoms with van der Waals surface area (Å²) in [6.07, 6.45) is -0.546. The van der Waals surface area contributed by atoms with Gasteiger partial charge >= 0.3 is 0 Å². The van der Waals surface area contributed by atoms with E-state index < -0.39 is 6.10 Å². The first-order chi connectivity index (χ1) is 8.40. The van der Waals surface area contributed by atoms with Crippen LogP contribution in [-0.2, 0) is 9.53 Å². The molecule has 0 aromatic heterocycles. The van der Waals surface area contributed by atoms with Crippen LogP contribution in [0.25, 0.3) is 0 Å². The Balaban J connectivity index is 2.61. The lowest BCUT2D eigenvalue weighted by Gasteiger charge is -2.15. The van der Waals surface area contributed by atoms with Gasteiger partial charge in [-0.05, 0) is 37.5 Å². The second-order valence-electron chi connectivity index (χ2n) is 4.82. The van der Waals surface area contributed by atoms with Crippen LogP contribution in [-0.4, -0.2) is 18.6 Å². The van der Waals surface area contributed by atoms with Crippen LogP contribution in [0.5, 0.6) is 0 Å². The molecule has 1 aromatic carbocycles. The molecule has 0 radical (unpaired) electrons. The van der Waals surface area contributed by atoms with Crippen LogP contribution in [0.4, 0.5) is 10.1 Å². The minimum absolute atomic E-state index is 0.260. The zero-order valence-electron chi connectivity index (χ0n) is 11.3. The number of halogens is 1. The third-order valence-electron chi connectivity index (χ3n) is 2.51. The molecule has 18 heavy (non-hydrogen) atoms. The first-order valence-electron chi connectivity index (χ1n) is 6.08. The van der Waals surface area contributed by atoms with Crippen molar-refractivity contribution in [2.45, 2.75) is 33.8 Å². The van der Waals surface area contributed by atoms with E-state index in [0.717, 1.165) is 5.56 Å². The molecule has 0 heterocycles. The highest BCUT2D eigenvalue weighted by atomic mass is 19.1. The minimum atomic E-state index is -0.546. The summed E-state index contributed by atoms with van der Waals surface area (Å²) in [4.78, 5) is 11.8. The second kappa shape index (κ2) is 6.50. The Kier molecular flexibility index (Phi) is 5.28. The molecule has 4 heteroatoms. The normalized spacial score (nSPS) is 12.6. The van der Waals surface area contributed by atoms with Gasteiger partial charge < -0.3 is 10.1 Å². The van der Waals surface area contributed by atoms with Crippen LogP contribution in [0.15, 0.2) is 18.2 Å². The van der Waals surface area contributed by atoms with Gasteiger partial charge in [0.05, 0.1) is 0 Å². The Morgan fingerprint density at radius 1 is 1.39 bits per heavy atom. The number of aryl methyl sites for hydroxylation is 1. The van der Waals surface area contributed by atoms with Crippen molar-refractivity contribution < 1.29 is 13.9 Å². The Hall–Kier alpha value is -1.42. The maximum Gasteiger partial charge on any atom is 0.253 e. The van der Waals surface area contributed by atoms with Crippen molar-refractivity contribution >= 4 is 11.6 Å². The largest absolute Gasteiger partial charge is 0.368 e. The first kappa shape index (κ1) is 14.6. The molecule has 0 unspecified atom stereocenters. The van der Waals surface area contributed by atoms with Crippen LogP contribution in [0.2, 0.25) is 0 Å². The molecular weight excluding hydrogens is 233 g/mol. The van der Waals surface area contributed by atoms with Gasteiger partial charge in [0.15, 0.2) is 0 Å². The van der Waals surface area contributed by atoms with Gasteiger partial charge in [0.25, 0.3) is 5.91 Å². The Bertz CT molecular complexity index is 418. The highest BCUT2D eigenvalue weighted by Gasteiger charge is 2.15. The number of hydrogen-bond acceptors (Lipinski definition) is 2. The zero-order chi connectivity index (χ0) is 13.7. The molecule has 0 spiro atoms. The number of rotatable bonds is 5. The number of amides is 1.